The molecule has 5 heteroatoms. The van der Waals surface area contributed by atoms with E-state index in [1.54, 1.807) is 0 Å². The van der Waals surface area contributed by atoms with E-state index < -0.39 is 11.8 Å². The Kier molecular flexibility index (Phi) is 3.17. The van der Waals surface area contributed by atoms with Crippen molar-refractivity contribution in [2.75, 3.05) is 5.73 Å². The Labute approximate surface area is 79.9 Å². The lowest BCUT2D eigenvalue weighted by molar-refractivity contribution is -0.135. The number of hydrogen-bond donors (Lipinski definition) is 2. The van der Waals surface area contributed by atoms with Crippen molar-refractivity contribution in [3.8, 4) is 0 Å². The molecular weight excluding hydrogens is 187 g/mol. The van der Waals surface area contributed by atoms with Gasteiger partial charge in [-0.2, -0.15) is 0 Å². The van der Waals surface area contributed by atoms with Crippen molar-refractivity contribution in [2.45, 2.75) is 6.42 Å². The van der Waals surface area contributed by atoms with E-state index in [1.165, 1.54) is 12.2 Å². The van der Waals surface area contributed by atoms with Crippen LogP contribution in [0.5, 0.6) is 0 Å². The average Bonchev–Trinajstić information content (AvgIpc) is 2.08. The molecule has 1 aromatic heterocycles. The topological polar surface area (TPSA) is 76.2 Å². The number of nitrogens with two attached hydrogens (primary N) is 1. The minimum Gasteiger partial charge on any atom is -0.481 e. The molecule has 14 heavy (non-hydrogen) atoms. The summed E-state index contributed by atoms with van der Waals surface area (Å²) in [4.78, 5) is 13.9. The number of carbonyl (C=O) groups is 1. The molecule has 0 saturated carbocycles. The molecule has 0 unspecified atom stereocenters. The van der Waals surface area contributed by atoms with E-state index in [4.69, 9.17) is 10.8 Å². The lowest BCUT2D eigenvalue weighted by Crippen LogP contribution is -1.94. The predicted molar refractivity (Wildman–Crippen MR) is 49.9 cm³/mol. The lowest BCUT2D eigenvalue weighted by Gasteiger charge is -1.97. The minimum absolute atomic E-state index is 0.113. The smallest absolute Gasteiger partial charge is 0.307 e. The molecule has 0 aliphatic heterocycles. The minimum atomic E-state index is -0.943. The Hall–Kier alpha value is -1.91. The molecule has 0 radical (unpaired) electrons. The molecule has 1 aromatic rings. The summed E-state index contributed by atoms with van der Waals surface area (Å²) in [6.45, 7) is 0. The molecule has 0 fully saturated rings. The summed E-state index contributed by atoms with van der Waals surface area (Å²) in [6.07, 6.45) is 3.76. The maximum absolute atomic E-state index is 12.5. The van der Waals surface area contributed by atoms with Crippen LogP contribution in [0.25, 0.3) is 6.08 Å². The number of nitrogens with zero attached hydrogens (tertiary/aromatic N) is 1. The summed E-state index contributed by atoms with van der Waals surface area (Å²) < 4.78 is 12.5. The average molecular weight is 196 g/mol. The summed E-state index contributed by atoms with van der Waals surface area (Å²) in [6, 6.07) is 1.13. The molecule has 0 aromatic carbocycles. The first-order chi connectivity index (χ1) is 6.59. The van der Waals surface area contributed by atoms with Crippen LogP contribution in [-0.2, 0) is 4.79 Å². The van der Waals surface area contributed by atoms with Crippen molar-refractivity contribution < 1.29 is 14.3 Å². The van der Waals surface area contributed by atoms with Gasteiger partial charge in [0.2, 0.25) is 0 Å². The zero-order valence-corrected chi connectivity index (χ0v) is 7.27. The maximum Gasteiger partial charge on any atom is 0.307 e. The molecule has 0 spiro atoms. The second-order valence-corrected chi connectivity index (χ2v) is 2.63. The highest BCUT2D eigenvalue weighted by Gasteiger charge is 1.98. The maximum atomic E-state index is 12.5. The molecule has 0 aliphatic carbocycles. The number of aromatic nitrogens is 1. The van der Waals surface area contributed by atoms with Crippen molar-refractivity contribution in [3.63, 3.8) is 0 Å². The highest BCUT2D eigenvalue weighted by Crippen LogP contribution is 2.11. The third-order valence-corrected chi connectivity index (χ3v) is 1.48. The molecule has 0 aliphatic rings. The molecule has 1 heterocycles. The van der Waals surface area contributed by atoms with Crippen molar-refractivity contribution in [1.29, 1.82) is 0 Å². The van der Waals surface area contributed by atoms with E-state index in [2.05, 4.69) is 4.98 Å². The fraction of sp³-hybridized carbons (Fsp3) is 0.111. The Morgan fingerprint density at radius 1 is 1.71 bits per heavy atom. The van der Waals surface area contributed by atoms with Crippen molar-refractivity contribution in [3.05, 3.63) is 29.9 Å². The number of anilines is 1. The number of aliphatic carboxylic acids is 1. The molecule has 74 valence electrons. The summed E-state index contributed by atoms with van der Waals surface area (Å²) in [7, 11) is 0. The Morgan fingerprint density at radius 2 is 2.43 bits per heavy atom. The molecular formula is C9H9FN2O2. The molecule has 4 nitrogen and oxygen atoms in total. The number of halogens is 1. The Morgan fingerprint density at radius 3 is 3.00 bits per heavy atom. The number of carboxylic acids is 1. The second-order valence-electron chi connectivity index (χ2n) is 2.63. The molecule has 0 atom stereocenters. The van der Waals surface area contributed by atoms with Crippen molar-refractivity contribution >= 4 is 17.7 Å². The van der Waals surface area contributed by atoms with Crippen LogP contribution in [0, 0.1) is 5.82 Å². The fourth-order valence-corrected chi connectivity index (χ4v) is 0.876. The van der Waals surface area contributed by atoms with E-state index in [1.807, 2.05) is 0 Å². The number of carboxylic acid groups (broad SMARTS) is 1. The van der Waals surface area contributed by atoms with Crippen LogP contribution in [0.1, 0.15) is 12.1 Å². The van der Waals surface area contributed by atoms with Gasteiger partial charge >= 0.3 is 5.97 Å². The van der Waals surface area contributed by atoms with Gasteiger partial charge in [0.25, 0.3) is 0 Å². The number of hydrogen-bond acceptors (Lipinski definition) is 3. The van der Waals surface area contributed by atoms with Crippen molar-refractivity contribution in [2.24, 2.45) is 0 Å². The van der Waals surface area contributed by atoms with E-state index in [0.29, 0.717) is 5.69 Å². The quantitative estimate of drug-likeness (QED) is 0.763. The van der Waals surface area contributed by atoms with Gasteiger partial charge in [0.05, 0.1) is 24.0 Å². The van der Waals surface area contributed by atoms with E-state index in [-0.39, 0.29) is 12.1 Å². The molecule has 0 saturated heterocycles. The Balaban J connectivity index is 2.76. The summed E-state index contributed by atoms with van der Waals surface area (Å²) >= 11 is 0. The molecule has 0 amide bonds. The monoisotopic (exact) mass is 196 g/mol. The van der Waals surface area contributed by atoms with Crippen LogP contribution in [-0.4, -0.2) is 16.1 Å². The van der Waals surface area contributed by atoms with Crippen LogP contribution in [0.2, 0.25) is 0 Å². The van der Waals surface area contributed by atoms with Gasteiger partial charge in [-0.3, -0.25) is 9.78 Å². The summed E-state index contributed by atoms with van der Waals surface area (Å²) in [5, 5.41) is 8.34. The van der Waals surface area contributed by atoms with Crippen LogP contribution < -0.4 is 5.73 Å². The molecule has 0 bridgehead atoms. The van der Waals surface area contributed by atoms with Gasteiger partial charge in [0, 0.05) is 6.07 Å². The summed E-state index contributed by atoms with van der Waals surface area (Å²) in [5.74, 6) is -1.46. The number of pyridine rings is 1. The number of nitrogen functional groups attached to an aromatic ring is 1. The van der Waals surface area contributed by atoms with Crippen LogP contribution in [0.3, 0.4) is 0 Å². The van der Waals surface area contributed by atoms with Gasteiger partial charge in [-0.1, -0.05) is 6.08 Å². The van der Waals surface area contributed by atoms with E-state index in [9.17, 15) is 9.18 Å². The van der Waals surface area contributed by atoms with Gasteiger partial charge in [-0.25, -0.2) is 4.39 Å². The second kappa shape index (κ2) is 4.36. The van der Waals surface area contributed by atoms with Gasteiger partial charge in [-0.05, 0) is 6.08 Å². The normalized spacial score (nSPS) is 10.6. The van der Waals surface area contributed by atoms with Gasteiger partial charge in [-0.15, -0.1) is 0 Å². The van der Waals surface area contributed by atoms with Crippen LogP contribution in [0.4, 0.5) is 10.1 Å². The predicted octanol–water partition coefficient (Wildman–Crippen LogP) is 1.29. The zero-order valence-electron chi connectivity index (χ0n) is 7.27. The number of rotatable bonds is 3. The lowest BCUT2D eigenvalue weighted by atomic mass is 10.2. The highest BCUT2D eigenvalue weighted by atomic mass is 19.1. The van der Waals surface area contributed by atoms with E-state index in [0.717, 1.165) is 12.3 Å². The standard InChI is InChI=1S/C9H9FN2O2/c10-6-4-7(11)8(12-5-6)2-1-3-9(13)14/h1-2,4-5H,3,11H2,(H,13,14). The first-order valence-electron chi connectivity index (χ1n) is 3.89. The SMILES string of the molecule is Nc1cc(F)cnc1C=CCC(=O)O. The van der Waals surface area contributed by atoms with Crippen LogP contribution in [0.15, 0.2) is 18.3 Å². The van der Waals surface area contributed by atoms with Gasteiger partial charge < -0.3 is 10.8 Å². The zero-order chi connectivity index (χ0) is 10.6. The first kappa shape index (κ1) is 10.2. The largest absolute Gasteiger partial charge is 0.481 e. The fourth-order valence-electron chi connectivity index (χ4n) is 0.876. The Bertz CT molecular complexity index is 377. The van der Waals surface area contributed by atoms with Gasteiger partial charge in [0.15, 0.2) is 0 Å². The highest BCUT2D eigenvalue weighted by molar-refractivity contribution is 5.71. The van der Waals surface area contributed by atoms with E-state index >= 15 is 0 Å². The molecule has 1 rings (SSSR count). The van der Waals surface area contributed by atoms with Gasteiger partial charge in [0.1, 0.15) is 5.82 Å². The van der Waals surface area contributed by atoms with Crippen molar-refractivity contribution in [1.82, 2.24) is 4.98 Å². The third-order valence-electron chi connectivity index (χ3n) is 1.48. The summed E-state index contributed by atoms with van der Waals surface area (Å²) in [5.41, 5.74) is 5.99. The molecule has 3 N–H and O–H groups in total. The third kappa shape index (κ3) is 2.85. The van der Waals surface area contributed by atoms with Crippen LogP contribution >= 0.6 is 0 Å². The first-order valence-corrected chi connectivity index (χ1v) is 3.89.